The minimum Gasteiger partial charge on any atom is -0.466 e. The number of nitrogens with zero attached hydrogens (tertiary/aromatic N) is 4. The van der Waals surface area contributed by atoms with Gasteiger partial charge in [0.25, 0.3) is 5.91 Å². The van der Waals surface area contributed by atoms with Crippen LogP contribution in [0.4, 0.5) is 5.95 Å². The normalized spacial score (nSPS) is 24.5. The first kappa shape index (κ1) is 18.5. The molecule has 4 rings (SSSR count). The predicted octanol–water partition coefficient (Wildman–Crippen LogP) is 1.99. The highest BCUT2D eigenvalue weighted by molar-refractivity contribution is 5.91. The maximum absolute atomic E-state index is 13.0. The van der Waals surface area contributed by atoms with Gasteiger partial charge in [-0.1, -0.05) is 0 Å². The lowest BCUT2D eigenvalue weighted by Crippen LogP contribution is -2.43. The Kier molecular flexibility index (Phi) is 5.02. The molecule has 0 unspecified atom stereocenters. The van der Waals surface area contributed by atoms with E-state index in [-0.39, 0.29) is 17.8 Å². The van der Waals surface area contributed by atoms with Crippen LogP contribution in [0.5, 0.6) is 0 Å². The van der Waals surface area contributed by atoms with Crippen LogP contribution < -0.4 is 4.90 Å². The van der Waals surface area contributed by atoms with Crippen molar-refractivity contribution in [3.63, 3.8) is 0 Å². The van der Waals surface area contributed by atoms with Gasteiger partial charge in [0.05, 0.1) is 18.3 Å². The SMILES string of the molecule is CCOC(=O)[C@@]12CCCN(C(=O)c3ccco3)C[C@@H]1CN(c1ncccn1)C2. The molecule has 4 heterocycles. The summed E-state index contributed by atoms with van der Waals surface area (Å²) in [5, 5.41) is 0. The lowest BCUT2D eigenvalue weighted by Gasteiger charge is -2.31. The first-order valence-electron chi connectivity index (χ1n) is 9.66. The monoisotopic (exact) mass is 384 g/mol. The fourth-order valence-electron chi connectivity index (χ4n) is 4.39. The van der Waals surface area contributed by atoms with Crippen molar-refractivity contribution in [3.8, 4) is 0 Å². The van der Waals surface area contributed by atoms with E-state index in [1.54, 1.807) is 35.5 Å². The molecule has 2 aromatic rings. The Morgan fingerprint density at radius 2 is 2.11 bits per heavy atom. The van der Waals surface area contributed by atoms with Gasteiger partial charge < -0.3 is 19.0 Å². The van der Waals surface area contributed by atoms with Crippen molar-refractivity contribution in [3.05, 3.63) is 42.6 Å². The van der Waals surface area contributed by atoms with E-state index in [4.69, 9.17) is 9.15 Å². The molecule has 0 radical (unpaired) electrons. The average molecular weight is 384 g/mol. The zero-order chi connectivity index (χ0) is 19.6. The number of rotatable bonds is 4. The van der Waals surface area contributed by atoms with Crippen molar-refractivity contribution in [2.45, 2.75) is 19.8 Å². The van der Waals surface area contributed by atoms with Crippen molar-refractivity contribution in [1.82, 2.24) is 14.9 Å². The molecule has 2 atom stereocenters. The van der Waals surface area contributed by atoms with Crippen LogP contribution in [0.2, 0.25) is 0 Å². The number of furan rings is 1. The van der Waals surface area contributed by atoms with Crippen molar-refractivity contribution >= 4 is 17.8 Å². The van der Waals surface area contributed by atoms with Crippen LogP contribution in [0.3, 0.4) is 0 Å². The number of carbonyl (C=O) groups excluding carboxylic acids is 2. The van der Waals surface area contributed by atoms with E-state index >= 15 is 0 Å². The molecule has 0 aromatic carbocycles. The number of carbonyl (C=O) groups is 2. The van der Waals surface area contributed by atoms with Crippen molar-refractivity contribution in [1.29, 1.82) is 0 Å². The Bertz CT molecular complexity index is 826. The van der Waals surface area contributed by atoms with Crippen molar-refractivity contribution in [2.24, 2.45) is 11.3 Å². The van der Waals surface area contributed by atoms with Crippen molar-refractivity contribution in [2.75, 3.05) is 37.7 Å². The van der Waals surface area contributed by atoms with Gasteiger partial charge >= 0.3 is 5.97 Å². The molecule has 28 heavy (non-hydrogen) atoms. The smallest absolute Gasteiger partial charge is 0.314 e. The summed E-state index contributed by atoms with van der Waals surface area (Å²) in [6, 6.07) is 5.14. The number of hydrogen-bond donors (Lipinski definition) is 0. The van der Waals surface area contributed by atoms with Crippen LogP contribution in [0.15, 0.2) is 41.3 Å². The highest BCUT2D eigenvalue weighted by atomic mass is 16.5. The zero-order valence-corrected chi connectivity index (χ0v) is 15.9. The van der Waals surface area contributed by atoms with E-state index in [1.165, 1.54) is 6.26 Å². The lowest BCUT2D eigenvalue weighted by atomic mass is 9.75. The second kappa shape index (κ2) is 7.61. The van der Waals surface area contributed by atoms with E-state index in [2.05, 4.69) is 9.97 Å². The van der Waals surface area contributed by atoms with E-state index in [0.717, 1.165) is 6.42 Å². The number of likely N-dealkylation sites (tertiary alicyclic amines) is 1. The summed E-state index contributed by atoms with van der Waals surface area (Å²) in [6.07, 6.45) is 6.28. The number of esters is 1. The maximum Gasteiger partial charge on any atom is 0.314 e. The largest absolute Gasteiger partial charge is 0.466 e. The second-order valence-electron chi connectivity index (χ2n) is 7.33. The summed E-state index contributed by atoms with van der Waals surface area (Å²) in [7, 11) is 0. The van der Waals surface area contributed by atoms with E-state index in [9.17, 15) is 9.59 Å². The standard InChI is InChI=1S/C20H24N4O4/c1-2-27-18(26)20-7-4-10-23(17(25)16-6-3-11-28-16)12-15(20)13-24(14-20)19-21-8-5-9-22-19/h3,5-6,8-9,11,15H,2,4,7,10,12-14H2,1H3/t15-,20-/m1/s1. The van der Waals surface area contributed by atoms with Crippen LogP contribution >= 0.6 is 0 Å². The predicted molar refractivity (Wildman–Crippen MR) is 101 cm³/mol. The Labute approximate surface area is 163 Å². The Balaban J connectivity index is 1.62. The first-order valence-corrected chi connectivity index (χ1v) is 9.66. The van der Waals surface area contributed by atoms with Gasteiger partial charge in [0.15, 0.2) is 5.76 Å². The third-order valence-electron chi connectivity index (χ3n) is 5.72. The van der Waals surface area contributed by atoms with Gasteiger partial charge in [-0.3, -0.25) is 9.59 Å². The van der Waals surface area contributed by atoms with Gasteiger partial charge in [0.2, 0.25) is 5.95 Å². The molecule has 2 aliphatic heterocycles. The van der Waals surface area contributed by atoms with Crippen LogP contribution in [-0.4, -0.2) is 59.5 Å². The molecular weight excluding hydrogens is 360 g/mol. The third kappa shape index (κ3) is 3.23. The number of fused-ring (bicyclic) bond motifs is 1. The van der Waals surface area contributed by atoms with Gasteiger partial charge in [-0.05, 0) is 38.0 Å². The molecule has 8 heteroatoms. The molecule has 2 fully saturated rings. The molecule has 1 amide bonds. The van der Waals surface area contributed by atoms with E-state index in [0.29, 0.717) is 50.9 Å². The van der Waals surface area contributed by atoms with Gasteiger partial charge in [0, 0.05) is 44.5 Å². The second-order valence-corrected chi connectivity index (χ2v) is 7.33. The molecule has 148 valence electrons. The Morgan fingerprint density at radius 3 is 2.82 bits per heavy atom. The van der Waals surface area contributed by atoms with Crippen LogP contribution in [-0.2, 0) is 9.53 Å². The molecule has 2 saturated heterocycles. The fraction of sp³-hybridized carbons (Fsp3) is 0.500. The summed E-state index contributed by atoms with van der Waals surface area (Å²) in [6.45, 7) is 4.33. The Hall–Kier alpha value is -2.90. The van der Waals surface area contributed by atoms with Crippen LogP contribution in [0, 0.1) is 11.3 Å². The molecule has 0 bridgehead atoms. The molecule has 8 nitrogen and oxygen atoms in total. The number of hydrogen-bond acceptors (Lipinski definition) is 7. The third-order valence-corrected chi connectivity index (χ3v) is 5.72. The summed E-state index contributed by atoms with van der Waals surface area (Å²) in [4.78, 5) is 38.4. The average Bonchev–Trinajstić information content (AvgIpc) is 3.34. The number of anilines is 1. The quantitative estimate of drug-likeness (QED) is 0.745. The topological polar surface area (TPSA) is 88.8 Å². The molecule has 0 saturated carbocycles. The van der Waals surface area contributed by atoms with E-state index in [1.807, 2.05) is 11.8 Å². The summed E-state index contributed by atoms with van der Waals surface area (Å²) in [5.74, 6) is 0.537. The Morgan fingerprint density at radius 1 is 1.29 bits per heavy atom. The summed E-state index contributed by atoms with van der Waals surface area (Å²) < 4.78 is 10.8. The number of amides is 1. The summed E-state index contributed by atoms with van der Waals surface area (Å²) >= 11 is 0. The van der Waals surface area contributed by atoms with Gasteiger partial charge in [-0.25, -0.2) is 9.97 Å². The fourth-order valence-corrected chi connectivity index (χ4v) is 4.39. The van der Waals surface area contributed by atoms with E-state index < -0.39 is 5.41 Å². The minimum absolute atomic E-state index is 0.0585. The highest BCUT2D eigenvalue weighted by Crippen LogP contribution is 2.44. The summed E-state index contributed by atoms with van der Waals surface area (Å²) in [5.41, 5.74) is -0.659. The van der Waals surface area contributed by atoms with Crippen LogP contribution in [0.25, 0.3) is 0 Å². The molecule has 0 aliphatic carbocycles. The van der Waals surface area contributed by atoms with Crippen LogP contribution in [0.1, 0.15) is 30.3 Å². The molecule has 0 N–H and O–H groups in total. The molecule has 2 aromatic heterocycles. The van der Waals surface area contributed by atoms with Gasteiger partial charge in [-0.2, -0.15) is 0 Å². The van der Waals surface area contributed by atoms with Crippen molar-refractivity contribution < 1.29 is 18.7 Å². The number of aromatic nitrogens is 2. The van der Waals surface area contributed by atoms with Gasteiger partial charge in [-0.15, -0.1) is 0 Å². The molecule has 2 aliphatic rings. The zero-order valence-electron chi connectivity index (χ0n) is 15.9. The first-order chi connectivity index (χ1) is 13.6. The van der Waals surface area contributed by atoms with Gasteiger partial charge in [0.1, 0.15) is 0 Å². The molecular formula is C20H24N4O4. The lowest BCUT2D eigenvalue weighted by molar-refractivity contribution is -0.157. The maximum atomic E-state index is 13.0. The minimum atomic E-state index is -0.659. The number of ether oxygens (including phenoxy) is 1. The molecule has 0 spiro atoms. The highest BCUT2D eigenvalue weighted by Gasteiger charge is 2.55.